The average Bonchev–Trinajstić information content (AvgIpc) is 2.67. The molecule has 0 aromatic heterocycles. The molecule has 7 heteroatoms. The number of nitrogens with two attached hydrogens (primary N) is 1. The van der Waals surface area contributed by atoms with E-state index in [1.165, 1.54) is 4.31 Å². The number of hydrazine groups is 1. The molecule has 0 bridgehead atoms. The van der Waals surface area contributed by atoms with E-state index in [0.717, 1.165) is 12.8 Å². The normalized spacial score (nSPS) is 18.4. The number of nitrogens with zero attached hydrogens (tertiary/aromatic N) is 1. The molecule has 6 nitrogen and oxygen atoms in total. The van der Waals surface area contributed by atoms with Crippen LogP contribution in [0.15, 0.2) is 0 Å². The van der Waals surface area contributed by atoms with Crippen molar-refractivity contribution in [2.75, 3.05) is 18.8 Å². The third-order valence-electron chi connectivity index (χ3n) is 2.21. The van der Waals surface area contributed by atoms with E-state index >= 15 is 0 Å². The Labute approximate surface area is 83.5 Å². The van der Waals surface area contributed by atoms with Gasteiger partial charge in [0.2, 0.25) is 15.9 Å². The van der Waals surface area contributed by atoms with Crippen molar-refractivity contribution in [2.45, 2.75) is 19.3 Å². The Bertz CT molecular complexity index is 295. The van der Waals surface area contributed by atoms with Gasteiger partial charge in [-0.25, -0.2) is 18.6 Å². The summed E-state index contributed by atoms with van der Waals surface area (Å²) in [6.45, 7) is 1.15. The quantitative estimate of drug-likeness (QED) is 0.354. The second-order valence-electron chi connectivity index (χ2n) is 3.24. The van der Waals surface area contributed by atoms with E-state index in [0.29, 0.717) is 13.1 Å². The zero-order valence-electron chi connectivity index (χ0n) is 7.90. The second-order valence-corrected chi connectivity index (χ2v) is 5.33. The van der Waals surface area contributed by atoms with Gasteiger partial charge in [0.05, 0.1) is 5.75 Å². The van der Waals surface area contributed by atoms with Crippen molar-refractivity contribution >= 4 is 15.9 Å². The minimum atomic E-state index is -3.25. The lowest BCUT2D eigenvalue weighted by atomic mass is 10.4. The molecule has 0 aliphatic carbocycles. The number of amides is 1. The fraction of sp³-hybridized carbons (Fsp3) is 0.857. The smallest absolute Gasteiger partial charge is 0.234 e. The van der Waals surface area contributed by atoms with Crippen LogP contribution in [0.2, 0.25) is 0 Å². The van der Waals surface area contributed by atoms with Crippen LogP contribution < -0.4 is 11.3 Å². The molecule has 1 aliphatic heterocycles. The van der Waals surface area contributed by atoms with Crippen LogP contribution in [-0.4, -0.2) is 37.5 Å². The van der Waals surface area contributed by atoms with Crippen molar-refractivity contribution in [1.29, 1.82) is 0 Å². The van der Waals surface area contributed by atoms with Gasteiger partial charge in [-0.2, -0.15) is 0 Å². The lowest BCUT2D eigenvalue weighted by Gasteiger charge is -2.14. The molecule has 1 saturated heterocycles. The Hall–Kier alpha value is -0.660. The summed E-state index contributed by atoms with van der Waals surface area (Å²) in [6.07, 6.45) is 1.74. The van der Waals surface area contributed by atoms with Crippen LogP contribution in [0, 0.1) is 0 Å². The standard InChI is InChI=1S/C7H15N3O3S/c8-9-7(11)3-6-14(12,13)10-4-1-2-5-10/h1-6,8H2,(H,9,11). The van der Waals surface area contributed by atoms with E-state index in [4.69, 9.17) is 5.84 Å². The third kappa shape index (κ3) is 2.93. The van der Waals surface area contributed by atoms with Crippen molar-refractivity contribution in [3.8, 4) is 0 Å². The Kier molecular flexibility index (Phi) is 3.85. The molecule has 0 aromatic rings. The first-order chi connectivity index (χ1) is 6.56. The fourth-order valence-corrected chi connectivity index (χ4v) is 2.91. The molecule has 0 aromatic carbocycles. The predicted molar refractivity (Wildman–Crippen MR) is 51.5 cm³/mol. The highest BCUT2D eigenvalue weighted by atomic mass is 32.2. The molecule has 82 valence electrons. The Balaban J connectivity index is 2.45. The SMILES string of the molecule is NNC(=O)CCS(=O)(=O)N1CCCC1. The van der Waals surface area contributed by atoms with Gasteiger partial charge in [0.15, 0.2) is 0 Å². The van der Waals surface area contributed by atoms with Crippen LogP contribution in [0.25, 0.3) is 0 Å². The number of sulfonamides is 1. The highest BCUT2D eigenvalue weighted by molar-refractivity contribution is 7.89. The van der Waals surface area contributed by atoms with Gasteiger partial charge in [-0.05, 0) is 12.8 Å². The Morgan fingerprint density at radius 2 is 1.93 bits per heavy atom. The summed E-state index contributed by atoms with van der Waals surface area (Å²) < 4.78 is 24.5. The first-order valence-electron chi connectivity index (χ1n) is 4.53. The first-order valence-corrected chi connectivity index (χ1v) is 6.14. The monoisotopic (exact) mass is 221 g/mol. The Morgan fingerprint density at radius 3 is 2.43 bits per heavy atom. The zero-order valence-corrected chi connectivity index (χ0v) is 8.72. The van der Waals surface area contributed by atoms with Gasteiger partial charge in [0.1, 0.15) is 0 Å². The van der Waals surface area contributed by atoms with Crippen LogP contribution in [0.4, 0.5) is 0 Å². The fourth-order valence-electron chi connectivity index (χ4n) is 1.39. The van der Waals surface area contributed by atoms with Crippen LogP contribution >= 0.6 is 0 Å². The van der Waals surface area contributed by atoms with Crippen molar-refractivity contribution < 1.29 is 13.2 Å². The van der Waals surface area contributed by atoms with Crippen molar-refractivity contribution in [2.24, 2.45) is 5.84 Å². The molecule has 3 N–H and O–H groups in total. The summed E-state index contributed by atoms with van der Waals surface area (Å²) in [4.78, 5) is 10.8. The number of carbonyl (C=O) groups excluding carboxylic acids is 1. The maximum atomic E-state index is 11.6. The summed E-state index contributed by atoms with van der Waals surface area (Å²) in [6, 6.07) is 0. The molecule has 0 unspecified atom stereocenters. The maximum Gasteiger partial charge on any atom is 0.234 e. The minimum Gasteiger partial charge on any atom is -0.294 e. The molecule has 1 amide bonds. The van der Waals surface area contributed by atoms with E-state index in [9.17, 15) is 13.2 Å². The van der Waals surface area contributed by atoms with Crippen LogP contribution in [0.3, 0.4) is 0 Å². The molecule has 1 fully saturated rings. The second kappa shape index (κ2) is 4.72. The molecule has 1 heterocycles. The summed E-state index contributed by atoms with van der Waals surface area (Å²) in [7, 11) is -3.25. The third-order valence-corrected chi connectivity index (χ3v) is 4.08. The largest absolute Gasteiger partial charge is 0.294 e. The maximum absolute atomic E-state index is 11.6. The van der Waals surface area contributed by atoms with Gasteiger partial charge in [0, 0.05) is 19.5 Å². The van der Waals surface area contributed by atoms with Crippen LogP contribution in [0.1, 0.15) is 19.3 Å². The number of hydrogen-bond acceptors (Lipinski definition) is 4. The van der Waals surface area contributed by atoms with Gasteiger partial charge >= 0.3 is 0 Å². The zero-order chi connectivity index (χ0) is 10.6. The molecule has 0 radical (unpaired) electrons. The Morgan fingerprint density at radius 1 is 1.36 bits per heavy atom. The van der Waals surface area contributed by atoms with Gasteiger partial charge in [-0.15, -0.1) is 0 Å². The molecular weight excluding hydrogens is 206 g/mol. The number of hydrogen-bond donors (Lipinski definition) is 2. The number of nitrogens with one attached hydrogen (secondary N) is 1. The minimum absolute atomic E-state index is 0.0741. The highest BCUT2D eigenvalue weighted by Crippen LogP contribution is 2.13. The molecule has 1 rings (SSSR count). The highest BCUT2D eigenvalue weighted by Gasteiger charge is 2.25. The summed E-state index contributed by atoms with van der Waals surface area (Å²) in [5.41, 5.74) is 1.91. The van der Waals surface area contributed by atoms with Crippen molar-refractivity contribution in [3.05, 3.63) is 0 Å². The van der Waals surface area contributed by atoms with Crippen LogP contribution in [0.5, 0.6) is 0 Å². The molecule has 0 saturated carbocycles. The van der Waals surface area contributed by atoms with Gasteiger partial charge < -0.3 is 0 Å². The van der Waals surface area contributed by atoms with Gasteiger partial charge in [-0.3, -0.25) is 10.2 Å². The summed E-state index contributed by atoms with van der Waals surface area (Å²) in [5.74, 6) is 4.24. The molecule has 0 atom stereocenters. The van der Waals surface area contributed by atoms with Gasteiger partial charge in [-0.1, -0.05) is 0 Å². The lowest BCUT2D eigenvalue weighted by Crippen LogP contribution is -2.35. The van der Waals surface area contributed by atoms with Crippen molar-refractivity contribution in [3.63, 3.8) is 0 Å². The molecular formula is C7H15N3O3S. The van der Waals surface area contributed by atoms with E-state index in [1.54, 1.807) is 0 Å². The van der Waals surface area contributed by atoms with E-state index < -0.39 is 15.9 Å². The van der Waals surface area contributed by atoms with Crippen molar-refractivity contribution in [1.82, 2.24) is 9.73 Å². The molecule has 14 heavy (non-hydrogen) atoms. The average molecular weight is 221 g/mol. The van der Waals surface area contributed by atoms with E-state index in [2.05, 4.69) is 0 Å². The summed E-state index contributed by atoms with van der Waals surface area (Å²) in [5, 5.41) is 0. The number of rotatable bonds is 4. The van der Waals surface area contributed by atoms with E-state index in [-0.39, 0.29) is 12.2 Å². The predicted octanol–water partition coefficient (Wildman–Crippen LogP) is -1.21. The van der Waals surface area contributed by atoms with E-state index in [1.807, 2.05) is 5.43 Å². The van der Waals surface area contributed by atoms with Gasteiger partial charge in [0.25, 0.3) is 0 Å². The number of carbonyl (C=O) groups is 1. The first kappa shape index (κ1) is 11.4. The molecule has 0 spiro atoms. The topological polar surface area (TPSA) is 92.5 Å². The summed E-state index contributed by atoms with van der Waals surface area (Å²) >= 11 is 0. The molecule has 1 aliphatic rings. The van der Waals surface area contributed by atoms with Crippen LogP contribution in [-0.2, 0) is 14.8 Å². The lowest BCUT2D eigenvalue weighted by molar-refractivity contribution is -0.120.